The molecule has 0 aromatic heterocycles. The van der Waals surface area contributed by atoms with Gasteiger partial charge in [0.2, 0.25) is 11.8 Å². The minimum atomic E-state index is -1.49. The molecule has 3 amide bonds. The van der Waals surface area contributed by atoms with Crippen molar-refractivity contribution in [2.24, 2.45) is 5.92 Å². The lowest BCUT2D eigenvalue weighted by Gasteiger charge is -2.27. The highest BCUT2D eigenvalue weighted by Gasteiger charge is 2.31. The maximum Gasteiger partial charge on any atom is 0.279 e. The molecule has 0 unspecified atom stereocenters. The summed E-state index contributed by atoms with van der Waals surface area (Å²) in [6.45, 7) is 3.65. The number of carboxylic acids is 1. The van der Waals surface area contributed by atoms with Gasteiger partial charge in [0, 0.05) is 18.8 Å². The van der Waals surface area contributed by atoms with E-state index in [0.29, 0.717) is 16.7 Å². The first-order valence-electron chi connectivity index (χ1n) is 14.0. The van der Waals surface area contributed by atoms with Gasteiger partial charge in [-0.15, -0.1) is 0 Å². The monoisotopic (exact) mass is 590 g/mol. The highest BCUT2D eigenvalue weighted by Crippen LogP contribution is 2.14. The summed E-state index contributed by atoms with van der Waals surface area (Å²) in [5, 5.41) is 39.2. The second-order valence-electron chi connectivity index (χ2n) is 10.8. The number of aromatic hydroxyl groups is 2. The Morgan fingerprint density at radius 3 is 1.42 bits per heavy atom. The number of carboxylic acid groups (broad SMARTS) is 1. The molecular weight excluding hydrogens is 552 g/mol. The van der Waals surface area contributed by atoms with Crippen LogP contribution in [0.15, 0.2) is 78.9 Å². The van der Waals surface area contributed by atoms with E-state index in [2.05, 4.69) is 21.7 Å². The van der Waals surface area contributed by atoms with E-state index in [4.69, 9.17) is 0 Å². The highest BCUT2D eigenvalue weighted by atomic mass is 16.4. The Kier molecular flexibility index (Phi) is 11.7. The van der Waals surface area contributed by atoms with Gasteiger partial charge in [-0.3, -0.25) is 14.4 Å². The van der Waals surface area contributed by atoms with Crippen LogP contribution in [0.25, 0.3) is 0 Å². The largest absolute Gasteiger partial charge is 0.548 e. The molecule has 4 atom stereocenters. The quantitative estimate of drug-likeness (QED) is 0.147. The maximum atomic E-state index is 13.7. The fraction of sp³-hybridized carbons (Fsp3) is 0.312. The SMILES string of the molecule is CC(C)[C@H]([NH3+])C(=O)N[C@@H](Cc1ccc(O)cc1)C(=O)N[C@@H](Cc1ccc(O)cc1)C(=O)N[C@@H](Cc1ccccc1)C(=O)[O-]. The third-order valence-electron chi connectivity index (χ3n) is 7.04. The normalized spacial score (nSPS) is 13.8. The zero-order valence-corrected chi connectivity index (χ0v) is 24.2. The minimum absolute atomic E-state index is 0.0122. The molecule has 11 heteroatoms. The molecule has 0 saturated heterocycles. The van der Waals surface area contributed by atoms with Crippen molar-refractivity contribution in [2.45, 2.75) is 57.3 Å². The van der Waals surface area contributed by atoms with Crippen LogP contribution in [0.3, 0.4) is 0 Å². The summed E-state index contributed by atoms with van der Waals surface area (Å²) in [4.78, 5) is 52.0. The molecule has 0 saturated carbocycles. The number of amides is 3. The number of phenols is 2. The van der Waals surface area contributed by atoms with E-state index in [-0.39, 0.29) is 36.7 Å². The summed E-state index contributed by atoms with van der Waals surface area (Å²) >= 11 is 0. The van der Waals surface area contributed by atoms with Crippen molar-refractivity contribution in [1.82, 2.24) is 16.0 Å². The van der Waals surface area contributed by atoms with Crippen molar-refractivity contribution in [3.63, 3.8) is 0 Å². The van der Waals surface area contributed by atoms with E-state index >= 15 is 0 Å². The first kappa shape index (κ1) is 32.6. The van der Waals surface area contributed by atoms with Gasteiger partial charge in [-0.25, -0.2) is 0 Å². The number of carbonyl (C=O) groups is 4. The highest BCUT2D eigenvalue weighted by molar-refractivity contribution is 5.94. The van der Waals surface area contributed by atoms with Crippen LogP contribution < -0.4 is 26.8 Å². The lowest BCUT2D eigenvalue weighted by atomic mass is 10.00. The van der Waals surface area contributed by atoms with Crippen molar-refractivity contribution in [2.75, 3.05) is 0 Å². The first-order chi connectivity index (χ1) is 20.4. The van der Waals surface area contributed by atoms with Crippen molar-refractivity contribution < 1.29 is 40.2 Å². The summed E-state index contributed by atoms with van der Waals surface area (Å²) in [6, 6.07) is 16.5. The maximum absolute atomic E-state index is 13.7. The molecule has 43 heavy (non-hydrogen) atoms. The first-order valence-corrected chi connectivity index (χ1v) is 14.0. The van der Waals surface area contributed by atoms with Crippen LogP contribution in [0.1, 0.15) is 30.5 Å². The number of nitrogens with one attached hydrogen (secondary N) is 3. The summed E-state index contributed by atoms with van der Waals surface area (Å²) in [5.74, 6) is -3.43. The van der Waals surface area contributed by atoms with Gasteiger partial charge in [0.15, 0.2) is 6.04 Å². The molecule has 8 N–H and O–H groups in total. The molecule has 3 rings (SSSR count). The Balaban J connectivity index is 1.87. The smallest absolute Gasteiger partial charge is 0.279 e. The predicted molar refractivity (Wildman–Crippen MR) is 156 cm³/mol. The van der Waals surface area contributed by atoms with Crippen LogP contribution in [-0.2, 0) is 38.4 Å². The molecule has 0 bridgehead atoms. The number of benzene rings is 3. The summed E-state index contributed by atoms with van der Waals surface area (Å²) in [5.41, 5.74) is 5.78. The lowest BCUT2D eigenvalue weighted by molar-refractivity contribution is -0.414. The number of rotatable bonds is 14. The van der Waals surface area contributed by atoms with Crippen LogP contribution in [0.2, 0.25) is 0 Å². The Labute approximate surface area is 250 Å². The van der Waals surface area contributed by atoms with Gasteiger partial charge in [0.05, 0.1) is 12.0 Å². The molecular formula is C32H38N4O7. The van der Waals surface area contributed by atoms with Gasteiger partial charge in [-0.1, -0.05) is 68.4 Å². The zero-order chi connectivity index (χ0) is 31.5. The molecule has 0 fully saturated rings. The molecule has 0 heterocycles. The van der Waals surface area contributed by atoms with E-state index in [9.17, 15) is 34.5 Å². The van der Waals surface area contributed by atoms with Gasteiger partial charge >= 0.3 is 0 Å². The van der Waals surface area contributed by atoms with Crippen LogP contribution in [0.4, 0.5) is 0 Å². The van der Waals surface area contributed by atoms with Crippen molar-refractivity contribution in [3.8, 4) is 11.5 Å². The van der Waals surface area contributed by atoms with E-state index in [1.165, 1.54) is 24.3 Å². The third-order valence-corrected chi connectivity index (χ3v) is 7.04. The number of aliphatic carboxylic acids is 1. The Hall–Kier alpha value is -4.90. The Bertz CT molecular complexity index is 1380. The minimum Gasteiger partial charge on any atom is -0.548 e. The molecule has 228 valence electrons. The summed E-state index contributed by atoms with van der Waals surface area (Å²) in [7, 11) is 0. The number of phenolic OH excluding ortho intramolecular Hbond substituents is 2. The van der Waals surface area contributed by atoms with Gasteiger partial charge in [-0.2, -0.15) is 0 Å². The van der Waals surface area contributed by atoms with Gasteiger partial charge in [0.1, 0.15) is 23.6 Å². The summed E-state index contributed by atoms with van der Waals surface area (Å²) < 4.78 is 0. The number of hydrogen-bond acceptors (Lipinski definition) is 7. The fourth-order valence-corrected chi connectivity index (χ4v) is 4.32. The van der Waals surface area contributed by atoms with E-state index in [1.54, 1.807) is 54.6 Å². The van der Waals surface area contributed by atoms with Gasteiger partial charge < -0.3 is 41.8 Å². The fourth-order valence-electron chi connectivity index (χ4n) is 4.32. The van der Waals surface area contributed by atoms with Gasteiger partial charge in [0.25, 0.3) is 5.91 Å². The zero-order valence-electron chi connectivity index (χ0n) is 24.2. The van der Waals surface area contributed by atoms with Crippen LogP contribution in [0.5, 0.6) is 11.5 Å². The molecule has 0 radical (unpaired) electrons. The third kappa shape index (κ3) is 10.2. The molecule has 11 nitrogen and oxygen atoms in total. The van der Waals surface area contributed by atoms with Gasteiger partial charge in [-0.05, 0) is 47.4 Å². The average Bonchev–Trinajstić information content (AvgIpc) is 2.98. The van der Waals surface area contributed by atoms with Crippen molar-refractivity contribution in [1.29, 1.82) is 0 Å². The van der Waals surface area contributed by atoms with Crippen LogP contribution in [-0.4, -0.2) is 58.1 Å². The topological polar surface area (TPSA) is 196 Å². The number of carbonyl (C=O) groups excluding carboxylic acids is 4. The Morgan fingerprint density at radius 2 is 1.00 bits per heavy atom. The number of quaternary nitrogens is 1. The summed E-state index contributed by atoms with van der Waals surface area (Å²) in [6.07, 6.45) is -0.0207. The standard InChI is InChI=1S/C32H38N4O7/c1-19(2)28(33)31(41)35-26(17-22-10-14-24(38)15-11-22)29(39)34-25(16-21-8-12-23(37)13-9-21)30(40)36-27(32(42)43)18-20-6-4-3-5-7-20/h3-15,19,25-28,37-38H,16-18,33H2,1-2H3,(H,34,39)(H,35,41)(H,36,40)(H,42,43)/t25-,26-,27-,28-/m0/s1. The van der Waals surface area contributed by atoms with Crippen LogP contribution in [0, 0.1) is 5.92 Å². The molecule has 0 aliphatic heterocycles. The average molecular weight is 591 g/mol. The van der Waals surface area contributed by atoms with Crippen molar-refractivity contribution >= 4 is 23.7 Å². The van der Waals surface area contributed by atoms with Crippen molar-refractivity contribution in [3.05, 3.63) is 95.6 Å². The van der Waals surface area contributed by atoms with E-state index < -0.39 is 47.9 Å². The molecule has 0 aliphatic rings. The molecule has 0 spiro atoms. The lowest BCUT2D eigenvalue weighted by Crippen LogP contribution is -2.71. The van der Waals surface area contributed by atoms with Crippen LogP contribution >= 0.6 is 0 Å². The Morgan fingerprint density at radius 1 is 0.628 bits per heavy atom. The molecule has 0 aliphatic carbocycles. The second-order valence-corrected chi connectivity index (χ2v) is 10.8. The molecule has 3 aromatic rings. The second kappa shape index (κ2) is 15.4. The number of hydrogen-bond donors (Lipinski definition) is 6. The molecule has 3 aromatic carbocycles. The van der Waals surface area contributed by atoms with E-state index in [0.717, 1.165) is 0 Å². The van der Waals surface area contributed by atoms with E-state index in [1.807, 2.05) is 13.8 Å². The predicted octanol–water partition coefficient (Wildman–Crippen LogP) is -0.403.